The Balaban J connectivity index is 1.65. The average molecular weight is 442 g/mol. The minimum atomic E-state index is -4.84. The van der Waals surface area contributed by atoms with Gasteiger partial charge >= 0.3 is 12.0 Å². The summed E-state index contributed by atoms with van der Waals surface area (Å²) in [7, 11) is 0. The molecule has 0 aliphatic carbocycles. The van der Waals surface area contributed by atoms with E-state index in [1.165, 1.54) is 30.3 Å². The number of rotatable bonds is 6. The first-order chi connectivity index (χ1) is 14.1. The maximum Gasteiger partial charge on any atom is 0.573 e. The van der Waals surface area contributed by atoms with Crippen LogP contribution in [0.5, 0.6) is 11.5 Å². The zero-order chi connectivity index (χ0) is 21.9. The monoisotopic (exact) mass is 441 g/mol. The summed E-state index contributed by atoms with van der Waals surface area (Å²) in [4.78, 5) is 23.6. The number of nitrogens with one attached hydrogen (secondary N) is 1. The Morgan fingerprint density at radius 3 is 2.63 bits per heavy atom. The summed E-state index contributed by atoms with van der Waals surface area (Å²) in [6, 6.07) is 9.72. The minimum Gasteiger partial charge on any atom is -0.482 e. The quantitative estimate of drug-likeness (QED) is 0.575. The third-order valence-electron chi connectivity index (χ3n) is 4.04. The molecule has 0 atom stereocenters. The fourth-order valence-electron chi connectivity index (χ4n) is 2.69. The van der Waals surface area contributed by atoms with E-state index in [2.05, 4.69) is 10.1 Å². The number of para-hydroxylation sites is 1. The van der Waals surface area contributed by atoms with Crippen LogP contribution in [0.15, 0.2) is 51.7 Å². The second-order valence-corrected chi connectivity index (χ2v) is 6.66. The van der Waals surface area contributed by atoms with Gasteiger partial charge in [-0.3, -0.25) is 4.79 Å². The van der Waals surface area contributed by atoms with Crippen molar-refractivity contribution in [3.05, 3.63) is 69.0 Å². The standard InChI is InChI=1S/C20H15ClF3NO5/c1-11-6-19(27)29-16-8-17(14(21)7-13(11)16)28-10-18(26)25-9-12-4-2-3-5-15(12)30-20(22,23)24/h2-8H,9-10H2,1H3,(H,25,26). The average Bonchev–Trinajstić information content (AvgIpc) is 2.65. The lowest BCUT2D eigenvalue weighted by Crippen LogP contribution is -2.29. The number of benzene rings is 2. The molecule has 0 bridgehead atoms. The summed E-state index contributed by atoms with van der Waals surface area (Å²) < 4.78 is 51.8. The van der Waals surface area contributed by atoms with Crippen LogP contribution < -0.4 is 20.4 Å². The molecule has 1 N–H and O–H groups in total. The molecule has 1 amide bonds. The molecule has 10 heteroatoms. The SMILES string of the molecule is Cc1cc(=O)oc2cc(OCC(=O)NCc3ccccc3OC(F)(F)F)c(Cl)cc12. The molecule has 0 saturated heterocycles. The van der Waals surface area contributed by atoms with Gasteiger partial charge in [0.05, 0.1) is 5.02 Å². The summed E-state index contributed by atoms with van der Waals surface area (Å²) in [6.07, 6.45) is -4.84. The second kappa shape index (κ2) is 8.66. The molecule has 0 saturated carbocycles. The molecule has 30 heavy (non-hydrogen) atoms. The second-order valence-electron chi connectivity index (χ2n) is 6.25. The smallest absolute Gasteiger partial charge is 0.482 e. The van der Waals surface area contributed by atoms with E-state index in [-0.39, 0.29) is 28.5 Å². The summed E-state index contributed by atoms with van der Waals surface area (Å²) in [5.74, 6) is -0.887. The summed E-state index contributed by atoms with van der Waals surface area (Å²) in [6.45, 7) is 1.07. The zero-order valence-corrected chi connectivity index (χ0v) is 16.3. The van der Waals surface area contributed by atoms with Gasteiger partial charge in [-0.2, -0.15) is 0 Å². The van der Waals surface area contributed by atoms with E-state index in [1.54, 1.807) is 13.0 Å². The first-order valence-corrected chi connectivity index (χ1v) is 8.97. The van der Waals surface area contributed by atoms with Crippen LogP contribution in [0.25, 0.3) is 11.0 Å². The Morgan fingerprint density at radius 2 is 1.90 bits per heavy atom. The molecule has 3 rings (SSSR count). The summed E-state index contributed by atoms with van der Waals surface area (Å²) >= 11 is 6.15. The number of aryl methyl sites for hydroxylation is 1. The minimum absolute atomic E-state index is 0.119. The van der Waals surface area contributed by atoms with Crippen LogP contribution in [0.4, 0.5) is 13.2 Å². The highest BCUT2D eigenvalue weighted by Crippen LogP contribution is 2.31. The molecular formula is C20H15ClF3NO5. The highest BCUT2D eigenvalue weighted by Gasteiger charge is 2.32. The third kappa shape index (κ3) is 5.44. The number of carbonyl (C=O) groups excluding carboxylic acids is 1. The number of amides is 1. The molecule has 0 radical (unpaired) electrons. The Kier molecular flexibility index (Phi) is 6.21. The van der Waals surface area contributed by atoms with Gasteiger partial charge in [0.2, 0.25) is 0 Å². The fraction of sp³-hybridized carbons (Fsp3) is 0.200. The molecular weight excluding hydrogens is 427 g/mol. The highest BCUT2D eigenvalue weighted by molar-refractivity contribution is 6.32. The number of carbonyl (C=O) groups is 1. The van der Waals surface area contributed by atoms with Crippen LogP contribution in [0.1, 0.15) is 11.1 Å². The number of hydrogen-bond acceptors (Lipinski definition) is 5. The van der Waals surface area contributed by atoms with Crippen molar-refractivity contribution in [1.29, 1.82) is 0 Å². The van der Waals surface area contributed by atoms with Crippen molar-refractivity contribution in [1.82, 2.24) is 5.32 Å². The first kappa shape index (κ1) is 21.5. The van der Waals surface area contributed by atoms with E-state index in [0.29, 0.717) is 10.9 Å². The van der Waals surface area contributed by atoms with Crippen molar-refractivity contribution < 1.29 is 31.9 Å². The Labute approximate surface area is 173 Å². The predicted molar refractivity (Wildman–Crippen MR) is 103 cm³/mol. The normalized spacial score (nSPS) is 11.4. The molecule has 0 unspecified atom stereocenters. The number of fused-ring (bicyclic) bond motifs is 1. The van der Waals surface area contributed by atoms with Gasteiger partial charge in [0.15, 0.2) is 6.61 Å². The zero-order valence-electron chi connectivity index (χ0n) is 15.5. The van der Waals surface area contributed by atoms with Crippen molar-refractivity contribution in [2.45, 2.75) is 19.8 Å². The van der Waals surface area contributed by atoms with Crippen molar-refractivity contribution in [3.63, 3.8) is 0 Å². The van der Waals surface area contributed by atoms with Gasteiger partial charge in [-0.1, -0.05) is 29.8 Å². The van der Waals surface area contributed by atoms with E-state index in [4.69, 9.17) is 20.8 Å². The molecule has 3 aromatic rings. The lowest BCUT2D eigenvalue weighted by atomic mass is 10.1. The Bertz CT molecular complexity index is 1140. The molecule has 6 nitrogen and oxygen atoms in total. The Hall–Kier alpha value is -3.20. The van der Waals surface area contributed by atoms with Crippen LogP contribution in [0, 0.1) is 6.92 Å². The molecule has 1 aromatic heterocycles. The van der Waals surface area contributed by atoms with Gasteiger partial charge in [-0.05, 0) is 24.6 Å². The molecule has 2 aromatic carbocycles. The van der Waals surface area contributed by atoms with Gasteiger partial charge in [-0.25, -0.2) is 4.79 Å². The molecule has 158 valence electrons. The van der Waals surface area contributed by atoms with Gasteiger partial charge in [0, 0.05) is 29.6 Å². The van der Waals surface area contributed by atoms with E-state index < -0.39 is 30.3 Å². The van der Waals surface area contributed by atoms with Gasteiger partial charge in [-0.15, -0.1) is 13.2 Å². The molecule has 0 fully saturated rings. The summed E-state index contributed by atoms with van der Waals surface area (Å²) in [5, 5.41) is 3.27. The van der Waals surface area contributed by atoms with Gasteiger partial charge < -0.3 is 19.2 Å². The number of ether oxygens (including phenoxy) is 2. The predicted octanol–water partition coefficient (Wildman–Crippen LogP) is 4.35. The van der Waals surface area contributed by atoms with Crippen LogP contribution >= 0.6 is 11.6 Å². The third-order valence-corrected chi connectivity index (χ3v) is 4.33. The van der Waals surface area contributed by atoms with Crippen molar-refractivity contribution in [3.8, 4) is 11.5 Å². The number of halogens is 4. The number of hydrogen-bond donors (Lipinski definition) is 1. The van der Waals surface area contributed by atoms with E-state index in [1.807, 2.05) is 0 Å². The molecule has 0 spiro atoms. The van der Waals surface area contributed by atoms with Crippen molar-refractivity contribution in [2.75, 3.05) is 6.61 Å². The highest BCUT2D eigenvalue weighted by atomic mass is 35.5. The molecule has 0 aliphatic heterocycles. The molecule has 1 heterocycles. The van der Waals surface area contributed by atoms with Crippen LogP contribution in [-0.4, -0.2) is 18.9 Å². The molecule has 0 aliphatic rings. The largest absolute Gasteiger partial charge is 0.573 e. The van der Waals surface area contributed by atoms with E-state index in [9.17, 15) is 22.8 Å². The lowest BCUT2D eigenvalue weighted by Gasteiger charge is -2.14. The lowest BCUT2D eigenvalue weighted by molar-refractivity contribution is -0.274. The maximum absolute atomic E-state index is 12.5. The maximum atomic E-state index is 12.5. The van der Waals surface area contributed by atoms with Crippen LogP contribution in [0.3, 0.4) is 0 Å². The van der Waals surface area contributed by atoms with Crippen molar-refractivity contribution >= 4 is 28.5 Å². The van der Waals surface area contributed by atoms with Crippen LogP contribution in [-0.2, 0) is 11.3 Å². The van der Waals surface area contributed by atoms with Gasteiger partial charge in [0.1, 0.15) is 17.1 Å². The first-order valence-electron chi connectivity index (χ1n) is 8.59. The van der Waals surface area contributed by atoms with Gasteiger partial charge in [0.25, 0.3) is 5.91 Å². The van der Waals surface area contributed by atoms with Crippen molar-refractivity contribution in [2.24, 2.45) is 0 Å². The Morgan fingerprint density at radius 1 is 1.17 bits per heavy atom. The van der Waals surface area contributed by atoms with E-state index in [0.717, 1.165) is 6.07 Å². The number of alkyl halides is 3. The topological polar surface area (TPSA) is 77.8 Å². The fourth-order valence-corrected chi connectivity index (χ4v) is 2.91. The van der Waals surface area contributed by atoms with E-state index >= 15 is 0 Å². The van der Waals surface area contributed by atoms with Crippen LogP contribution in [0.2, 0.25) is 5.02 Å². The summed E-state index contributed by atoms with van der Waals surface area (Å²) in [5.41, 5.74) is 0.528.